The predicted octanol–water partition coefficient (Wildman–Crippen LogP) is 3.02. The Morgan fingerprint density at radius 2 is 1.70 bits per heavy atom. The molecule has 0 atom stereocenters. The van der Waals surface area contributed by atoms with Crippen molar-refractivity contribution in [3.8, 4) is 16.9 Å². The highest BCUT2D eigenvalue weighted by Gasteiger charge is 2.21. The first-order valence-electron chi connectivity index (χ1n) is 5.99. The van der Waals surface area contributed by atoms with Crippen LogP contribution < -0.4 is 0 Å². The summed E-state index contributed by atoms with van der Waals surface area (Å²) in [5.74, 6) is -3.66. The maximum atomic E-state index is 11.1. The molecule has 0 aromatic heterocycles. The van der Waals surface area contributed by atoms with E-state index in [0.717, 1.165) is 24.3 Å². The quantitative estimate of drug-likeness (QED) is 0.575. The van der Waals surface area contributed by atoms with Crippen LogP contribution in [0.25, 0.3) is 11.1 Å². The number of benzene rings is 2. The number of nitro benzene ring substituents is 1. The van der Waals surface area contributed by atoms with E-state index in [1.165, 1.54) is 6.07 Å². The zero-order valence-electron chi connectivity index (χ0n) is 11.2. The standard InChI is InChI=1S/C14H8ClNO7/c15-8-1-6(2-9(5-8)16(22)23)10-3-7(13(18)19)4-11(12(10)17)14(20)21/h1-5,17H,(H,18,19)(H,20,21). The van der Waals surface area contributed by atoms with Gasteiger partial charge in [-0.3, -0.25) is 10.1 Å². The van der Waals surface area contributed by atoms with E-state index in [2.05, 4.69) is 0 Å². The van der Waals surface area contributed by atoms with Gasteiger partial charge in [0, 0.05) is 22.7 Å². The molecule has 0 bridgehead atoms. The van der Waals surface area contributed by atoms with Crippen molar-refractivity contribution in [3.63, 3.8) is 0 Å². The van der Waals surface area contributed by atoms with Gasteiger partial charge in [-0.2, -0.15) is 0 Å². The predicted molar refractivity (Wildman–Crippen MR) is 79.1 cm³/mol. The number of rotatable bonds is 4. The number of carboxylic acids is 2. The normalized spacial score (nSPS) is 10.3. The summed E-state index contributed by atoms with van der Waals surface area (Å²) in [4.78, 5) is 32.4. The van der Waals surface area contributed by atoms with Gasteiger partial charge >= 0.3 is 11.9 Å². The third-order valence-electron chi connectivity index (χ3n) is 2.99. The minimum atomic E-state index is -1.54. The van der Waals surface area contributed by atoms with Gasteiger partial charge in [-0.1, -0.05) is 11.6 Å². The zero-order chi connectivity index (χ0) is 17.3. The number of carboxylic acid groups (broad SMARTS) is 2. The Morgan fingerprint density at radius 1 is 1.04 bits per heavy atom. The zero-order valence-corrected chi connectivity index (χ0v) is 11.9. The van der Waals surface area contributed by atoms with Gasteiger partial charge < -0.3 is 15.3 Å². The van der Waals surface area contributed by atoms with Crippen LogP contribution in [-0.2, 0) is 0 Å². The number of halogens is 1. The van der Waals surface area contributed by atoms with Crippen LogP contribution in [0.1, 0.15) is 20.7 Å². The molecule has 0 aliphatic heterocycles. The van der Waals surface area contributed by atoms with Crippen molar-refractivity contribution in [1.29, 1.82) is 0 Å². The Hall–Kier alpha value is -3.13. The molecular weight excluding hydrogens is 330 g/mol. The number of aromatic hydroxyl groups is 1. The summed E-state index contributed by atoms with van der Waals surface area (Å²) in [5, 5.41) is 39.0. The number of hydrogen-bond donors (Lipinski definition) is 3. The molecule has 118 valence electrons. The summed E-state index contributed by atoms with van der Waals surface area (Å²) in [7, 11) is 0. The molecule has 0 heterocycles. The molecule has 0 aliphatic carbocycles. The fourth-order valence-corrected chi connectivity index (χ4v) is 2.21. The topological polar surface area (TPSA) is 138 Å². The SMILES string of the molecule is O=C(O)c1cc(C(=O)O)c(O)c(-c2cc(Cl)cc([N+](=O)[O-])c2)c1. The molecule has 0 saturated carbocycles. The van der Waals surface area contributed by atoms with E-state index >= 15 is 0 Å². The highest BCUT2D eigenvalue weighted by Crippen LogP contribution is 2.37. The van der Waals surface area contributed by atoms with Crippen molar-refractivity contribution < 1.29 is 29.8 Å². The molecule has 0 spiro atoms. The molecule has 3 N–H and O–H groups in total. The number of aromatic carboxylic acids is 2. The number of phenols is 1. The van der Waals surface area contributed by atoms with Crippen LogP contribution in [0.4, 0.5) is 5.69 Å². The fourth-order valence-electron chi connectivity index (χ4n) is 1.98. The van der Waals surface area contributed by atoms with Gasteiger partial charge in [-0.25, -0.2) is 9.59 Å². The second-order valence-electron chi connectivity index (χ2n) is 4.49. The number of nitrogens with zero attached hydrogens (tertiary/aromatic N) is 1. The van der Waals surface area contributed by atoms with E-state index in [9.17, 15) is 24.8 Å². The molecule has 0 fully saturated rings. The van der Waals surface area contributed by atoms with Crippen LogP contribution in [0.5, 0.6) is 5.75 Å². The Labute approximate surface area is 133 Å². The number of carbonyl (C=O) groups is 2. The maximum Gasteiger partial charge on any atom is 0.339 e. The number of non-ortho nitro benzene ring substituents is 1. The van der Waals surface area contributed by atoms with Crippen molar-refractivity contribution in [3.05, 3.63) is 56.6 Å². The second-order valence-corrected chi connectivity index (χ2v) is 4.92. The minimum absolute atomic E-state index is 0.0206. The van der Waals surface area contributed by atoms with Gasteiger partial charge in [0.15, 0.2) is 0 Å². The number of nitro groups is 1. The first kappa shape index (κ1) is 16.2. The van der Waals surface area contributed by atoms with Gasteiger partial charge in [0.1, 0.15) is 11.3 Å². The Bertz CT molecular complexity index is 847. The molecule has 2 rings (SSSR count). The Balaban J connectivity index is 2.79. The van der Waals surface area contributed by atoms with Crippen molar-refractivity contribution in [2.24, 2.45) is 0 Å². The lowest BCUT2D eigenvalue weighted by Crippen LogP contribution is -2.04. The lowest BCUT2D eigenvalue weighted by molar-refractivity contribution is -0.384. The smallest absolute Gasteiger partial charge is 0.339 e. The Kier molecular flexibility index (Phi) is 4.19. The largest absolute Gasteiger partial charge is 0.506 e. The summed E-state index contributed by atoms with van der Waals surface area (Å²) in [6.07, 6.45) is 0. The molecule has 0 unspecified atom stereocenters. The molecule has 2 aromatic carbocycles. The fraction of sp³-hybridized carbons (Fsp3) is 0. The lowest BCUT2D eigenvalue weighted by Gasteiger charge is -2.10. The van der Waals surface area contributed by atoms with Crippen molar-refractivity contribution >= 4 is 29.2 Å². The molecule has 2 aromatic rings. The van der Waals surface area contributed by atoms with E-state index in [4.69, 9.17) is 21.8 Å². The van der Waals surface area contributed by atoms with Gasteiger partial charge in [0.25, 0.3) is 5.69 Å². The summed E-state index contributed by atoms with van der Waals surface area (Å²) >= 11 is 5.78. The van der Waals surface area contributed by atoms with Crippen LogP contribution in [-0.4, -0.2) is 32.2 Å². The number of hydrogen-bond acceptors (Lipinski definition) is 5. The molecule has 0 amide bonds. The molecule has 0 saturated heterocycles. The molecule has 0 radical (unpaired) electrons. The van der Waals surface area contributed by atoms with Crippen LogP contribution in [0.3, 0.4) is 0 Å². The average Bonchev–Trinajstić information content (AvgIpc) is 2.46. The summed E-state index contributed by atoms with van der Waals surface area (Å²) in [5.41, 5.74) is -1.58. The average molecular weight is 338 g/mol. The third kappa shape index (κ3) is 3.22. The van der Waals surface area contributed by atoms with E-state index in [1.54, 1.807) is 0 Å². The van der Waals surface area contributed by atoms with E-state index in [-0.39, 0.29) is 21.8 Å². The molecule has 9 heteroatoms. The first-order valence-corrected chi connectivity index (χ1v) is 6.37. The van der Waals surface area contributed by atoms with Crippen LogP contribution in [0, 0.1) is 10.1 Å². The molecular formula is C14H8ClNO7. The highest BCUT2D eigenvalue weighted by atomic mass is 35.5. The lowest BCUT2D eigenvalue weighted by atomic mass is 9.97. The molecule has 8 nitrogen and oxygen atoms in total. The second kappa shape index (κ2) is 5.93. The van der Waals surface area contributed by atoms with Crippen molar-refractivity contribution in [1.82, 2.24) is 0 Å². The van der Waals surface area contributed by atoms with E-state index in [0.29, 0.717) is 0 Å². The summed E-state index contributed by atoms with van der Waals surface area (Å²) in [6.45, 7) is 0. The van der Waals surface area contributed by atoms with Gasteiger partial charge in [0.2, 0.25) is 0 Å². The van der Waals surface area contributed by atoms with Crippen molar-refractivity contribution in [2.45, 2.75) is 0 Å². The Morgan fingerprint density at radius 3 is 2.22 bits per heavy atom. The monoisotopic (exact) mass is 337 g/mol. The van der Waals surface area contributed by atoms with Gasteiger partial charge in [-0.15, -0.1) is 0 Å². The van der Waals surface area contributed by atoms with E-state index in [1.807, 2.05) is 0 Å². The van der Waals surface area contributed by atoms with Crippen LogP contribution in [0.2, 0.25) is 5.02 Å². The molecule has 0 aliphatic rings. The van der Waals surface area contributed by atoms with Crippen molar-refractivity contribution in [2.75, 3.05) is 0 Å². The van der Waals surface area contributed by atoms with E-state index < -0.39 is 33.7 Å². The van der Waals surface area contributed by atoms with Gasteiger partial charge in [-0.05, 0) is 23.8 Å². The third-order valence-corrected chi connectivity index (χ3v) is 3.21. The summed E-state index contributed by atoms with van der Waals surface area (Å²) in [6, 6.07) is 5.18. The molecule has 23 heavy (non-hydrogen) atoms. The van der Waals surface area contributed by atoms with Gasteiger partial charge in [0.05, 0.1) is 10.5 Å². The van der Waals surface area contributed by atoms with Crippen LogP contribution >= 0.6 is 11.6 Å². The first-order chi connectivity index (χ1) is 10.7. The minimum Gasteiger partial charge on any atom is -0.506 e. The maximum absolute atomic E-state index is 11.1. The van der Waals surface area contributed by atoms with Crippen LogP contribution in [0.15, 0.2) is 30.3 Å². The highest BCUT2D eigenvalue weighted by molar-refractivity contribution is 6.31. The summed E-state index contributed by atoms with van der Waals surface area (Å²) < 4.78 is 0.